The highest BCUT2D eigenvalue weighted by molar-refractivity contribution is 5.41. The van der Waals surface area contributed by atoms with Crippen molar-refractivity contribution in [2.75, 3.05) is 0 Å². The van der Waals surface area contributed by atoms with Crippen LogP contribution in [-0.2, 0) is 6.42 Å². The third-order valence-corrected chi connectivity index (χ3v) is 1.75. The lowest BCUT2D eigenvalue weighted by Crippen LogP contribution is -1.95. The second-order valence-electron chi connectivity index (χ2n) is 2.64. The minimum Gasteiger partial charge on any atom is -0.465 e. The molecule has 0 bridgehead atoms. The van der Waals surface area contributed by atoms with Crippen molar-refractivity contribution in [3.8, 4) is 5.75 Å². The summed E-state index contributed by atoms with van der Waals surface area (Å²) in [7, 11) is 0. The smallest absolute Gasteiger partial charge is 0.130 e. The molecule has 1 aliphatic rings. The third-order valence-electron chi connectivity index (χ3n) is 1.75. The standard InChI is InChI=1S/C10H9O/c1-8-4-5-10-9(7-8)3-2-6-11-10/h2,4-7H,1,3H2. The quantitative estimate of drug-likeness (QED) is 0.544. The van der Waals surface area contributed by atoms with E-state index in [2.05, 4.69) is 13.0 Å². The third kappa shape index (κ3) is 1.14. The monoisotopic (exact) mass is 145 g/mol. The van der Waals surface area contributed by atoms with Crippen molar-refractivity contribution in [1.29, 1.82) is 0 Å². The summed E-state index contributed by atoms with van der Waals surface area (Å²) < 4.78 is 5.27. The van der Waals surface area contributed by atoms with Gasteiger partial charge in [-0.2, -0.15) is 0 Å². The van der Waals surface area contributed by atoms with Gasteiger partial charge in [0.2, 0.25) is 0 Å². The molecule has 1 aliphatic heterocycles. The Kier molecular flexibility index (Phi) is 1.42. The summed E-state index contributed by atoms with van der Waals surface area (Å²) in [5.41, 5.74) is 2.27. The lowest BCUT2D eigenvalue weighted by atomic mass is 10.1. The van der Waals surface area contributed by atoms with E-state index in [1.807, 2.05) is 18.2 Å². The number of hydrogen-bond donors (Lipinski definition) is 0. The molecular weight excluding hydrogens is 136 g/mol. The number of ether oxygens (including phenoxy) is 1. The van der Waals surface area contributed by atoms with Crippen molar-refractivity contribution in [2.24, 2.45) is 0 Å². The van der Waals surface area contributed by atoms with Crippen LogP contribution in [0.3, 0.4) is 0 Å². The predicted octanol–water partition coefficient (Wildman–Crippen LogP) is 2.32. The van der Waals surface area contributed by atoms with Gasteiger partial charge < -0.3 is 4.74 Å². The van der Waals surface area contributed by atoms with Crippen LogP contribution in [0.1, 0.15) is 11.1 Å². The zero-order valence-corrected chi connectivity index (χ0v) is 6.21. The summed E-state index contributed by atoms with van der Waals surface area (Å²) in [6, 6.07) is 5.97. The van der Waals surface area contributed by atoms with Gasteiger partial charge in [0.1, 0.15) is 5.75 Å². The number of fused-ring (bicyclic) bond motifs is 1. The van der Waals surface area contributed by atoms with E-state index in [4.69, 9.17) is 4.74 Å². The van der Waals surface area contributed by atoms with E-state index in [9.17, 15) is 0 Å². The molecule has 0 spiro atoms. The Balaban J connectivity index is 2.48. The van der Waals surface area contributed by atoms with Crippen LogP contribution in [0.2, 0.25) is 0 Å². The summed E-state index contributed by atoms with van der Waals surface area (Å²) in [5, 5.41) is 0. The highest BCUT2D eigenvalue weighted by atomic mass is 16.5. The zero-order chi connectivity index (χ0) is 7.68. The molecule has 1 radical (unpaired) electrons. The van der Waals surface area contributed by atoms with Crippen LogP contribution in [0.15, 0.2) is 30.5 Å². The molecule has 1 nitrogen and oxygen atoms in total. The highest BCUT2D eigenvalue weighted by Gasteiger charge is 2.04. The largest absolute Gasteiger partial charge is 0.465 e. The lowest BCUT2D eigenvalue weighted by molar-refractivity contribution is 0.464. The molecule has 0 amide bonds. The molecule has 2 rings (SSSR count). The first kappa shape index (κ1) is 6.47. The molecule has 55 valence electrons. The Hall–Kier alpha value is -1.24. The van der Waals surface area contributed by atoms with Gasteiger partial charge >= 0.3 is 0 Å². The maximum atomic E-state index is 5.27. The average Bonchev–Trinajstić information content (AvgIpc) is 2.04. The average molecular weight is 145 g/mol. The van der Waals surface area contributed by atoms with Crippen LogP contribution >= 0.6 is 0 Å². The first-order chi connectivity index (χ1) is 5.36. The van der Waals surface area contributed by atoms with Crippen LogP contribution in [0.25, 0.3) is 0 Å². The van der Waals surface area contributed by atoms with Crippen molar-refractivity contribution in [3.05, 3.63) is 48.6 Å². The first-order valence-corrected chi connectivity index (χ1v) is 3.63. The Morgan fingerprint density at radius 1 is 1.36 bits per heavy atom. The normalized spacial score (nSPS) is 13.9. The van der Waals surface area contributed by atoms with Crippen LogP contribution < -0.4 is 4.74 Å². The van der Waals surface area contributed by atoms with E-state index in [1.54, 1.807) is 6.26 Å². The van der Waals surface area contributed by atoms with Gasteiger partial charge in [-0.15, -0.1) is 0 Å². The number of rotatable bonds is 0. The van der Waals surface area contributed by atoms with Crippen molar-refractivity contribution in [3.63, 3.8) is 0 Å². The predicted molar refractivity (Wildman–Crippen MR) is 44.4 cm³/mol. The van der Waals surface area contributed by atoms with Crippen molar-refractivity contribution >= 4 is 0 Å². The fourth-order valence-corrected chi connectivity index (χ4v) is 1.20. The molecule has 1 heterocycles. The Morgan fingerprint density at radius 3 is 3.18 bits per heavy atom. The maximum absolute atomic E-state index is 5.27. The van der Waals surface area contributed by atoms with Gasteiger partial charge in [0.15, 0.2) is 0 Å². The van der Waals surface area contributed by atoms with Crippen LogP contribution in [-0.4, -0.2) is 0 Å². The summed E-state index contributed by atoms with van der Waals surface area (Å²) in [4.78, 5) is 0. The molecule has 0 fully saturated rings. The second-order valence-corrected chi connectivity index (χ2v) is 2.64. The highest BCUT2D eigenvalue weighted by Crippen LogP contribution is 2.23. The van der Waals surface area contributed by atoms with E-state index in [-0.39, 0.29) is 0 Å². The lowest BCUT2D eigenvalue weighted by Gasteiger charge is -2.11. The SMILES string of the molecule is [CH2]c1ccc2c(c1)CC=CO2. The van der Waals surface area contributed by atoms with Gasteiger partial charge in [0, 0.05) is 0 Å². The van der Waals surface area contributed by atoms with Crippen LogP contribution in [0, 0.1) is 6.92 Å². The van der Waals surface area contributed by atoms with Crippen molar-refractivity contribution < 1.29 is 4.74 Å². The van der Waals surface area contributed by atoms with Crippen LogP contribution in [0.5, 0.6) is 5.75 Å². The minimum atomic E-state index is 0.957. The topological polar surface area (TPSA) is 9.23 Å². The molecule has 11 heavy (non-hydrogen) atoms. The van der Waals surface area contributed by atoms with Gasteiger partial charge in [-0.25, -0.2) is 0 Å². The Morgan fingerprint density at radius 2 is 2.27 bits per heavy atom. The maximum Gasteiger partial charge on any atom is 0.130 e. The fourth-order valence-electron chi connectivity index (χ4n) is 1.20. The first-order valence-electron chi connectivity index (χ1n) is 3.63. The molecule has 0 aromatic heterocycles. The number of hydrogen-bond acceptors (Lipinski definition) is 1. The van der Waals surface area contributed by atoms with Crippen molar-refractivity contribution in [1.82, 2.24) is 0 Å². The molecule has 0 saturated heterocycles. The van der Waals surface area contributed by atoms with Gasteiger partial charge in [0.25, 0.3) is 0 Å². The number of allylic oxidation sites excluding steroid dienone is 1. The van der Waals surface area contributed by atoms with Crippen LogP contribution in [0.4, 0.5) is 0 Å². The molecular formula is C10H9O. The Labute approximate surface area is 66.3 Å². The van der Waals surface area contributed by atoms with Gasteiger partial charge in [0.05, 0.1) is 6.26 Å². The fraction of sp³-hybridized carbons (Fsp3) is 0.100. The van der Waals surface area contributed by atoms with Gasteiger partial charge in [-0.1, -0.05) is 12.1 Å². The molecule has 0 N–H and O–H groups in total. The van der Waals surface area contributed by atoms with Gasteiger partial charge in [-0.3, -0.25) is 0 Å². The molecule has 0 atom stereocenters. The molecule has 1 heteroatoms. The second kappa shape index (κ2) is 2.42. The summed E-state index contributed by atoms with van der Waals surface area (Å²) >= 11 is 0. The summed E-state index contributed by atoms with van der Waals surface area (Å²) in [5.74, 6) is 0.958. The molecule has 0 saturated carbocycles. The van der Waals surface area contributed by atoms with E-state index in [1.165, 1.54) is 5.56 Å². The molecule has 0 unspecified atom stereocenters. The van der Waals surface area contributed by atoms with Gasteiger partial charge in [-0.05, 0) is 36.6 Å². The number of benzene rings is 1. The molecule has 1 aromatic rings. The van der Waals surface area contributed by atoms with E-state index < -0.39 is 0 Å². The summed E-state index contributed by atoms with van der Waals surface area (Å²) in [6.07, 6.45) is 4.69. The van der Waals surface area contributed by atoms with Crippen molar-refractivity contribution in [2.45, 2.75) is 6.42 Å². The summed E-state index contributed by atoms with van der Waals surface area (Å²) in [6.45, 7) is 3.85. The molecule has 1 aromatic carbocycles. The molecule has 0 aliphatic carbocycles. The minimum absolute atomic E-state index is 0.957. The Bertz CT molecular complexity index is 300. The van der Waals surface area contributed by atoms with E-state index in [0.717, 1.165) is 17.7 Å². The van der Waals surface area contributed by atoms with E-state index >= 15 is 0 Å². The zero-order valence-electron chi connectivity index (χ0n) is 6.21. The van der Waals surface area contributed by atoms with E-state index in [0.29, 0.717) is 0 Å².